The molecule has 6 nitrogen and oxygen atoms in total. The highest BCUT2D eigenvalue weighted by Crippen LogP contribution is 2.34. The number of rotatable bonds is 4. The molecule has 0 saturated carbocycles. The summed E-state index contributed by atoms with van der Waals surface area (Å²) in [6.07, 6.45) is -0.223. The van der Waals surface area contributed by atoms with Crippen molar-refractivity contribution >= 4 is 17.2 Å². The maximum atomic E-state index is 13.3. The van der Waals surface area contributed by atoms with E-state index in [1.165, 1.54) is 13.0 Å². The van der Waals surface area contributed by atoms with E-state index in [0.717, 1.165) is 11.6 Å². The fraction of sp³-hybridized carbons (Fsp3) is 0.318. The molecule has 0 bridgehead atoms. The number of imidazole rings is 1. The van der Waals surface area contributed by atoms with Gasteiger partial charge in [0.05, 0.1) is 36.1 Å². The molecular formula is C22H19F3N3O3-. The van der Waals surface area contributed by atoms with Gasteiger partial charge in [-0.15, -0.1) is 0 Å². The minimum absolute atomic E-state index is 0.105. The normalized spacial score (nSPS) is 14.7. The lowest BCUT2D eigenvalue weighted by Crippen LogP contribution is -2.25. The topological polar surface area (TPSA) is 79.5 Å². The first-order chi connectivity index (χ1) is 14.7. The molecule has 1 aliphatic rings. The van der Waals surface area contributed by atoms with Gasteiger partial charge >= 0.3 is 6.18 Å². The molecule has 0 saturated heterocycles. The van der Waals surface area contributed by atoms with Crippen LogP contribution in [-0.4, -0.2) is 33.6 Å². The fourth-order valence-corrected chi connectivity index (χ4v) is 3.83. The predicted molar refractivity (Wildman–Crippen MR) is 104 cm³/mol. The molecule has 1 aromatic carbocycles. The van der Waals surface area contributed by atoms with Gasteiger partial charge < -0.3 is 14.6 Å². The maximum absolute atomic E-state index is 13.3. The van der Waals surface area contributed by atoms with Crippen molar-refractivity contribution in [2.24, 2.45) is 0 Å². The van der Waals surface area contributed by atoms with Crippen LogP contribution in [0.1, 0.15) is 50.7 Å². The van der Waals surface area contributed by atoms with Crippen molar-refractivity contribution in [1.29, 1.82) is 0 Å². The number of ether oxygens (including phenoxy) is 1. The summed E-state index contributed by atoms with van der Waals surface area (Å²) in [5.41, 5.74) is 2.12. The summed E-state index contributed by atoms with van der Waals surface area (Å²) in [4.78, 5) is 20.3. The Morgan fingerprint density at radius 3 is 2.68 bits per heavy atom. The highest BCUT2D eigenvalue weighted by Gasteiger charge is 2.33. The third-order valence-electron chi connectivity index (χ3n) is 5.50. The van der Waals surface area contributed by atoms with Gasteiger partial charge in [0, 0.05) is 18.3 Å². The van der Waals surface area contributed by atoms with E-state index in [1.54, 1.807) is 23.6 Å². The van der Waals surface area contributed by atoms with Gasteiger partial charge in [-0.05, 0) is 43.0 Å². The summed E-state index contributed by atoms with van der Waals surface area (Å²) in [5.74, 6) is -1.47. The molecule has 2 aromatic heterocycles. The first kappa shape index (κ1) is 21.0. The molecule has 31 heavy (non-hydrogen) atoms. The van der Waals surface area contributed by atoms with Crippen LogP contribution >= 0.6 is 0 Å². The van der Waals surface area contributed by atoms with Crippen molar-refractivity contribution < 1.29 is 27.8 Å². The second-order valence-corrected chi connectivity index (χ2v) is 7.42. The summed E-state index contributed by atoms with van der Waals surface area (Å²) in [7, 11) is 0. The number of aryl methyl sites for hydroxylation is 1. The summed E-state index contributed by atoms with van der Waals surface area (Å²) >= 11 is 0. The number of hydrogen-bond acceptors (Lipinski definition) is 5. The molecule has 0 atom stereocenters. The number of aromatic carboxylic acids is 1. The largest absolute Gasteiger partial charge is 0.543 e. The molecule has 0 fully saturated rings. The van der Waals surface area contributed by atoms with E-state index in [-0.39, 0.29) is 23.3 Å². The summed E-state index contributed by atoms with van der Waals surface area (Å²) in [6.45, 7) is 4.02. The molecule has 3 aromatic rings. The molecule has 0 aliphatic carbocycles. The number of aromatic nitrogens is 3. The van der Waals surface area contributed by atoms with E-state index in [2.05, 4.69) is 9.97 Å². The quantitative estimate of drug-likeness (QED) is 0.636. The molecule has 4 rings (SSSR count). The summed E-state index contributed by atoms with van der Waals surface area (Å²) in [5, 5.41) is 11.7. The van der Waals surface area contributed by atoms with Gasteiger partial charge in [0.1, 0.15) is 5.69 Å². The Morgan fingerprint density at radius 1 is 1.26 bits per heavy atom. The number of nitrogens with zero attached hydrogens (tertiary/aromatic N) is 3. The monoisotopic (exact) mass is 430 g/mol. The van der Waals surface area contributed by atoms with Crippen molar-refractivity contribution in [1.82, 2.24) is 14.4 Å². The molecule has 0 N–H and O–H groups in total. The number of hydrogen-bond donors (Lipinski definition) is 0. The number of carboxylic acid groups (broad SMARTS) is 1. The molecule has 0 radical (unpaired) electrons. The number of carbonyl (C=O) groups excluding carboxylic acids is 1. The average Bonchev–Trinajstić information content (AvgIpc) is 3.03. The molecule has 3 heterocycles. The van der Waals surface area contributed by atoms with E-state index in [4.69, 9.17) is 4.74 Å². The van der Waals surface area contributed by atoms with Crippen LogP contribution in [0, 0.1) is 13.8 Å². The predicted octanol–water partition coefficient (Wildman–Crippen LogP) is 3.12. The molecule has 0 amide bonds. The zero-order chi connectivity index (χ0) is 22.3. The Morgan fingerprint density at radius 2 is 2.03 bits per heavy atom. The summed E-state index contributed by atoms with van der Waals surface area (Å²) < 4.78 is 46.9. The molecule has 0 unspecified atom stereocenters. The van der Waals surface area contributed by atoms with Crippen LogP contribution in [-0.2, 0) is 17.3 Å². The van der Waals surface area contributed by atoms with E-state index in [9.17, 15) is 23.1 Å². The highest BCUT2D eigenvalue weighted by atomic mass is 19.4. The third-order valence-corrected chi connectivity index (χ3v) is 5.50. The Kier molecular flexibility index (Phi) is 5.30. The van der Waals surface area contributed by atoms with Crippen LogP contribution < -0.4 is 5.11 Å². The number of alkyl halides is 3. The zero-order valence-corrected chi connectivity index (χ0v) is 16.9. The lowest BCUT2D eigenvalue weighted by atomic mass is 9.98. The molecule has 162 valence electrons. The lowest BCUT2D eigenvalue weighted by molar-refractivity contribution is -0.255. The van der Waals surface area contributed by atoms with Crippen molar-refractivity contribution in [3.05, 3.63) is 69.9 Å². The van der Waals surface area contributed by atoms with Crippen molar-refractivity contribution in [2.45, 2.75) is 32.9 Å². The lowest BCUT2D eigenvalue weighted by Gasteiger charge is -2.16. The van der Waals surface area contributed by atoms with Gasteiger partial charge in [-0.3, -0.25) is 4.40 Å². The maximum Gasteiger partial charge on any atom is 0.416 e. The van der Waals surface area contributed by atoms with E-state index in [0.29, 0.717) is 42.3 Å². The number of halogens is 3. The minimum atomic E-state index is -4.45. The molecule has 9 heteroatoms. The Balaban J connectivity index is 1.87. The zero-order valence-electron chi connectivity index (χ0n) is 16.9. The summed E-state index contributed by atoms with van der Waals surface area (Å²) in [6, 6.07) is 4.05. The molecule has 1 aliphatic heterocycles. The van der Waals surface area contributed by atoms with Gasteiger partial charge in [-0.1, -0.05) is 18.2 Å². The van der Waals surface area contributed by atoms with Crippen LogP contribution in [0.4, 0.5) is 13.2 Å². The smallest absolute Gasteiger partial charge is 0.416 e. The highest BCUT2D eigenvalue weighted by molar-refractivity contribution is 5.91. The second kappa shape index (κ2) is 7.81. The van der Waals surface area contributed by atoms with Gasteiger partial charge in [0.15, 0.2) is 5.65 Å². The second-order valence-electron chi connectivity index (χ2n) is 7.42. The fourth-order valence-electron chi connectivity index (χ4n) is 3.83. The van der Waals surface area contributed by atoms with E-state index < -0.39 is 17.7 Å². The van der Waals surface area contributed by atoms with Crippen LogP contribution in [0.3, 0.4) is 0 Å². The van der Waals surface area contributed by atoms with E-state index >= 15 is 0 Å². The van der Waals surface area contributed by atoms with Crippen LogP contribution in [0.15, 0.2) is 30.5 Å². The SMILES string of the molecule is Cc1nc2c(C(=O)[O-])nc(C3=CCOCC3)cn2c1Cc1cccc(C(F)(F)F)c1C. The van der Waals surface area contributed by atoms with Crippen LogP contribution in [0.2, 0.25) is 0 Å². The molecule has 0 spiro atoms. The van der Waals surface area contributed by atoms with Crippen molar-refractivity contribution in [3.63, 3.8) is 0 Å². The minimum Gasteiger partial charge on any atom is -0.543 e. The number of carboxylic acids is 1. The Bertz CT molecular complexity index is 1210. The average molecular weight is 430 g/mol. The van der Waals surface area contributed by atoms with Gasteiger partial charge in [0.25, 0.3) is 0 Å². The van der Waals surface area contributed by atoms with Gasteiger partial charge in [-0.25, -0.2) is 9.97 Å². The van der Waals surface area contributed by atoms with Gasteiger partial charge in [0.2, 0.25) is 0 Å². The first-order valence-corrected chi connectivity index (χ1v) is 9.69. The first-order valence-electron chi connectivity index (χ1n) is 9.69. The third kappa shape index (κ3) is 3.93. The molecular weight excluding hydrogens is 411 g/mol. The van der Waals surface area contributed by atoms with Crippen molar-refractivity contribution in [3.8, 4) is 0 Å². The van der Waals surface area contributed by atoms with Gasteiger partial charge in [-0.2, -0.15) is 13.2 Å². The number of benzene rings is 1. The van der Waals surface area contributed by atoms with Crippen LogP contribution in [0.5, 0.6) is 0 Å². The standard InChI is InChI=1S/C22H20F3N3O3/c1-12-15(4-3-5-16(12)22(23,24)25)10-18-13(2)26-20-19(21(29)30)27-17(11-28(18)20)14-6-8-31-9-7-14/h3-6,11H,7-10H2,1-2H3,(H,29,30)/p-1. The number of fused-ring (bicyclic) bond motifs is 1. The Labute approximate surface area is 176 Å². The van der Waals surface area contributed by atoms with Crippen LogP contribution in [0.25, 0.3) is 11.2 Å². The van der Waals surface area contributed by atoms with Crippen molar-refractivity contribution in [2.75, 3.05) is 13.2 Å². The Hall–Kier alpha value is -3.20. The van der Waals surface area contributed by atoms with E-state index in [1.807, 2.05) is 6.08 Å². The number of carbonyl (C=O) groups is 1.